The van der Waals surface area contributed by atoms with E-state index in [0.717, 1.165) is 18.9 Å². The quantitative estimate of drug-likeness (QED) is 0.855. The number of hydrogen-bond acceptors (Lipinski definition) is 3. The van der Waals surface area contributed by atoms with Gasteiger partial charge >= 0.3 is 6.18 Å². The maximum atomic E-state index is 13.4. The average molecular weight is 387 g/mol. The zero-order valence-electron chi connectivity index (χ0n) is 15.2. The van der Waals surface area contributed by atoms with Gasteiger partial charge in [0.2, 0.25) is 0 Å². The summed E-state index contributed by atoms with van der Waals surface area (Å²) in [7, 11) is 0. The Hall–Kier alpha value is -3.01. The molecule has 0 radical (unpaired) electrons. The molecular weight excluding hydrogens is 367 g/mol. The fourth-order valence-electron chi connectivity index (χ4n) is 3.48. The number of halogens is 3. The number of nitrogens with one attached hydrogen (secondary N) is 1. The van der Waals surface area contributed by atoms with Gasteiger partial charge in [-0.25, -0.2) is 0 Å². The van der Waals surface area contributed by atoms with Crippen LogP contribution in [0.4, 0.5) is 18.9 Å². The summed E-state index contributed by atoms with van der Waals surface area (Å²) in [5, 5.41) is 11.9. The molecule has 1 aliphatic rings. The van der Waals surface area contributed by atoms with Crippen LogP contribution < -0.4 is 10.2 Å². The number of nitriles is 1. The van der Waals surface area contributed by atoms with E-state index in [4.69, 9.17) is 5.26 Å². The Bertz CT molecular complexity index is 875. The summed E-state index contributed by atoms with van der Waals surface area (Å²) in [6, 6.07) is 14.2. The summed E-state index contributed by atoms with van der Waals surface area (Å²) in [4.78, 5) is 13.9. The number of piperidine rings is 1. The number of carbonyl (C=O) groups is 1. The van der Waals surface area contributed by atoms with Gasteiger partial charge in [0.15, 0.2) is 0 Å². The SMILES string of the molecule is N#Cc1ccc(C(F)(F)F)c(N2CCCC(CNC(=O)c3ccccc3)C2)c1. The lowest BCUT2D eigenvalue weighted by Gasteiger charge is -2.36. The van der Waals surface area contributed by atoms with Crippen LogP contribution >= 0.6 is 0 Å². The highest BCUT2D eigenvalue weighted by molar-refractivity contribution is 5.94. The van der Waals surface area contributed by atoms with Crippen LogP contribution in [0.5, 0.6) is 0 Å². The Balaban J connectivity index is 1.71. The number of anilines is 1. The number of alkyl halides is 3. The van der Waals surface area contributed by atoms with Crippen LogP contribution in [0.3, 0.4) is 0 Å². The zero-order valence-corrected chi connectivity index (χ0v) is 15.2. The fourth-order valence-corrected chi connectivity index (χ4v) is 3.48. The average Bonchev–Trinajstić information content (AvgIpc) is 2.71. The summed E-state index contributed by atoms with van der Waals surface area (Å²) in [5.74, 6) is -0.159. The van der Waals surface area contributed by atoms with Crippen LogP contribution in [0.25, 0.3) is 0 Å². The van der Waals surface area contributed by atoms with Crippen molar-refractivity contribution < 1.29 is 18.0 Å². The molecule has 1 heterocycles. The molecule has 28 heavy (non-hydrogen) atoms. The van der Waals surface area contributed by atoms with E-state index in [1.54, 1.807) is 29.2 Å². The highest BCUT2D eigenvalue weighted by Crippen LogP contribution is 2.38. The van der Waals surface area contributed by atoms with Crippen molar-refractivity contribution in [2.24, 2.45) is 5.92 Å². The number of nitrogens with zero attached hydrogens (tertiary/aromatic N) is 2. The molecule has 7 heteroatoms. The molecule has 1 unspecified atom stereocenters. The molecular formula is C21H20F3N3O. The molecule has 0 saturated carbocycles. The third-order valence-electron chi connectivity index (χ3n) is 4.88. The number of amides is 1. The molecule has 2 aromatic rings. The Kier molecular flexibility index (Phi) is 5.88. The normalized spacial score (nSPS) is 17.1. The summed E-state index contributed by atoms with van der Waals surface area (Å²) in [5.41, 5.74) is 0.0462. The topological polar surface area (TPSA) is 56.1 Å². The van der Waals surface area contributed by atoms with E-state index < -0.39 is 11.7 Å². The lowest BCUT2D eigenvalue weighted by atomic mass is 9.96. The first kappa shape index (κ1) is 19.7. The van der Waals surface area contributed by atoms with E-state index in [1.807, 2.05) is 12.1 Å². The van der Waals surface area contributed by atoms with Crippen LogP contribution in [0, 0.1) is 17.2 Å². The molecule has 1 N–H and O–H groups in total. The van der Waals surface area contributed by atoms with Crippen molar-refractivity contribution in [2.45, 2.75) is 19.0 Å². The van der Waals surface area contributed by atoms with Crippen molar-refractivity contribution in [1.29, 1.82) is 5.26 Å². The number of hydrogen-bond donors (Lipinski definition) is 1. The van der Waals surface area contributed by atoms with E-state index in [-0.39, 0.29) is 23.1 Å². The van der Waals surface area contributed by atoms with Gasteiger partial charge in [-0.15, -0.1) is 0 Å². The minimum absolute atomic E-state index is 0.0330. The number of carbonyl (C=O) groups excluding carboxylic acids is 1. The lowest BCUT2D eigenvalue weighted by Crippen LogP contribution is -2.41. The molecule has 0 aliphatic carbocycles. The molecule has 0 bridgehead atoms. The summed E-state index contributed by atoms with van der Waals surface area (Å²) in [6.07, 6.45) is -2.94. The largest absolute Gasteiger partial charge is 0.418 e. The minimum Gasteiger partial charge on any atom is -0.371 e. The van der Waals surface area contributed by atoms with Gasteiger partial charge in [-0.2, -0.15) is 18.4 Å². The van der Waals surface area contributed by atoms with Crippen molar-refractivity contribution >= 4 is 11.6 Å². The molecule has 3 rings (SSSR count). The second-order valence-electron chi connectivity index (χ2n) is 6.87. The van der Waals surface area contributed by atoms with E-state index >= 15 is 0 Å². The van der Waals surface area contributed by atoms with E-state index in [2.05, 4.69) is 5.32 Å². The van der Waals surface area contributed by atoms with Crippen LogP contribution in [-0.2, 0) is 6.18 Å². The van der Waals surface area contributed by atoms with Gasteiger partial charge in [0.05, 0.1) is 22.9 Å². The maximum Gasteiger partial charge on any atom is 0.418 e. The van der Waals surface area contributed by atoms with Gasteiger partial charge in [-0.05, 0) is 49.1 Å². The maximum absolute atomic E-state index is 13.4. The molecule has 1 amide bonds. The van der Waals surface area contributed by atoms with Gasteiger partial charge in [-0.1, -0.05) is 18.2 Å². The molecule has 1 atom stereocenters. The molecule has 2 aromatic carbocycles. The first-order valence-electron chi connectivity index (χ1n) is 9.08. The Labute approximate surface area is 161 Å². The van der Waals surface area contributed by atoms with Gasteiger partial charge < -0.3 is 10.2 Å². The van der Waals surface area contributed by atoms with Gasteiger partial charge in [0.1, 0.15) is 0 Å². The Morgan fingerprint density at radius 3 is 2.64 bits per heavy atom. The summed E-state index contributed by atoms with van der Waals surface area (Å²) in [6.45, 7) is 1.28. The molecule has 4 nitrogen and oxygen atoms in total. The van der Waals surface area contributed by atoms with Crippen LogP contribution in [0.1, 0.15) is 34.3 Å². The fraction of sp³-hybridized carbons (Fsp3) is 0.333. The first-order chi connectivity index (χ1) is 13.4. The Morgan fingerprint density at radius 1 is 1.21 bits per heavy atom. The van der Waals surface area contributed by atoms with Gasteiger partial charge in [0.25, 0.3) is 5.91 Å². The molecule has 1 saturated heterocycles. The van der Waals surface area contributed by atoms with E-state index in [0.29, 0.717) is 25.2 Å². The van der Waals surface area contributed by atoms with Crippen molar-refractivity contribution in [1.82, 2.24) is 5.32 Å². The van der Waals surface area contributed by atoms with Crippen molar-refractivity contribution in [3.05, 3.63) is 65.2 Å². The van der Waals surface area contributed by atoms with Crippen LogP contribution in [0.2, 0.25) is 0 Å². The third kappa shape index (κ3) is 4.63. The van der Waals surface area contributed by atoms with Crippen molar-refractivity contribution in [2.75, 3.05) is 24.5 Å². The molecule has 0 aromatic heterocycles. The van der Waals surface area contributed by atoms with Crippen molar-refractivity contribution in [3.8, 4) is 6.07 Å². The predicted octanol–water partition coefficient (Wildman–Crippen LogP) is 4.22. The zero-order chi connectivity index (χ0) is 20.1. The monoisotopic (exact) mass is 387 g/mol. The number of benzene rings is 2. The second-order valence-corrected chi connectivity index (χ2v) is 6.87. The van der Waals surface area contributed by atoms with E-state index in [9.17, 15) is 18.0 Å². The van der Waals surface area contributed by atoms with Gasteiger partial charge in [0, 0.05) is 25.2 Å². The predicted molar refractivity (Wildman–Crippen MR) is 99.9 cm³/mol. The summed E-state index contributed by atoms with van der Waals surface area (Å²) >= 11 is 0. The molecule has 0 spiro atoms. The summed E-state index contributed by atoms with van der Waals surface area (Å²) < 4.78 is 40.2. The standard InChI is InChI=1S/C21H20F3N3O/c22-21(23,24)18-9-8-15(12-25)11-19(18)27-10-4-5-16(14-27)13-26-20(28)17-6-2-1-3-7-17/h1-3,6-9,11,16H,4-5,10,13-14H2,(H,26,28). The van der Waals surface area contributed by atoms with Crippen LogP contribution in [0.15, 0.2) is 48.5 Å². The molecule has 1 aliphatic heterocycles. The van der Waals surface area contributed by atoms with E-state index in [1.165, 1.54) is 12.1 Å². The van der Waals surface area contributed by atoms with Crippen LogP contribution in [-0.4, -0.2) is 25.5 Å². The minimum atomic E-state index is -4.49. The first-order valence-corrected chi connectivity index (χ1v) is 9.08. The third-order valence-corrected chi connectivity index (χ3v) is 4.88. The highest BCUT2D eigenvalue weighted by Gasteiger charge is 2.36. The van der Waals surface area contributed by atoms with Gasteiger partial charge in [-0.3, -0.25) is 4.79 Å². The lowest BCUT2D eigenvalue weighted by molar-refractivity contribution is -0.137. The smallest absolute Gasteiger partial charge is 0.371 e. The molecule has 1 fully saturated rings. The highest BCUT2D eigenvalue weighted by atomic mass is 19.4. The Morgan fingerprint density at radius 2 is 1.96 bits per heavy atom. The number of rotatable bonds is 4. The van der Waals surface area contributed by atoms with Crippen molar-refractivity contribution in [3.63, 3.8) is 0 Å². The molecule has 146 valence electrons. The second kappa shape index (κ2) is 8.34.